The zero-order chi connectivity index (χ0) is 15.4. The molecule has 0 spiro atoms. The molecule has 116 valence electrons. The van der Waals surface area contributed by atoms with E-state index in [2.05, 4.69) is 4.99 Å². The molecule has 21 heavy (non-hydrogen) atoms. The molecule has 0 radical (unpaired) electrons. The highest BCUT2D eigenvalue weighted by Gasteiger charge is 2.43. The summed E-state index contributed by atoms with van der Waals surface area (Å²) in [5.41, 5.74) is 0.744. The monoisotopic (exact) mass is 297 g/mol. The molecule has 4 N–H and O–H groups in total. The quantitative estimate of drug-likeness (QED) is 0.526. The molecule has 7 nitrogen and oxygen atoms in total. The third-order valence-electron chi connectivity index (χ3n) is 3.38. The lowest BCUT2D eigenvalue weighted by molar-refractivity contribution is -0.248. The van der Waals surface area contributed by atoms with Gasteiger partial charge in [0.2, 0.25) is 0 Å². The molecule has 1 fully saturated rings. The maximum Gasteiger partial charge on any atom is 0.180 e. The first kappa shape index (κ1) is 15.9. The van der Waals surface area contributed by atoms with Crippen LogP contribution in [0.2, 0.25) is 0 Å². The zero-order valence-corrected chi connectivity index (χ0v) is 11.5. The molecule has 0 aliphatic carbocycles. The van der Waals surface area contributed by atoms with E-state index < -0.39 is 37.3 Å². The predicted molar refractivity (Wildman–Crippen MR) is 74.4 cm³/mol. The number of benzene rings is 1. The fourth-order valence-electron chi connectivity index (χ4n) is 2.11. The summed E-state index contributed by atoms with van der Waals surface area (Å²) in [5.74, 6) is 0.703. The second-order valence-electron chi connectivity index (χ2n) is 4.77. The van der Waals surface area contributed by atoms with E-state index in [1.807, 2.05) is 0 Å². The molecular weight excluding hydrogens is 278 g/mol. The normalized spacial score (nSPS) is 33.3. The maximum atomic E-state index is 9.93. The van der Waals surface area contributed by atoms with Crippen LogP contribution in [0.4, 0.5) is 0 Å². The minimum Gasteiger partial charge on any atom is -0.497 e. The number of rotatable bonds is 4. The van der Waals surface area contributed by atoms with E-state index in [9.17, 15) is 15.3 Å². The van der Waals surface area contributed by atoms with Gasteiger partial charge in [0.1, 0.15) is 30.1 Å². The number of aliphatic hydroxyl groups excluding tert-OH is 4. The Balaban J connectivity index is 2.08. The molecular formula is C14H19NO6. The van der Waals surface area contributed by atoms with Crippen LogP contribution in [0.15, 0.2) is 29.3 Å². The molecule has 1 heterocycles. The van der Waals surface area contributed by atoms with Gasteiger partial charge < -0.3 is 29.9 Å². The zero-order valence-electron chi connectivity index (χ0n) is 11.5. The summed E-state index contributed by atoms with van der Waals surface area (Å²) in [7, 11) is 1.56. The molecule has 0 aromatic heterocycles. The van der Waals surface area contributed by atoms with Crippen LogP contribution in [-0.2, 0) is 4.74 Å². The Labute approximate surface area is 122 Å². The van der Waals surface area contributed by atoms with Crippen molar-refractivity contribution in [3.8, 4) is 5.75 Å². The van der Waals surface area contributed by atoms with Gasteiger partial charge in [-0.05, 0) is 29.8 Å². The minimum absolute atomic E-state index is 0.496. The van der Waals surface area contributed by atoms with Crippen molar-refractivity contribution < 1.29 is 29.9 Å². The molecule has 5 atom stereocenters. The molecule has 0 amide bonds. The summed E-state index contributed by atoms with van der Waals surface area (Å²) >= 11 is 0. The van der Waals surface area contributed by atoms with Crippen molar-refractivity contribution in [3.05, 3.63) is 29.8 Å². The number of hydrogen-bond acceptors (Lipinski definition) is 7. The van der Waals surface area contributed by atoms with Crippen LogP contribution in [0.25, 0.3) is 0 Å². The van der Waals surface area contributed by atoms with E-state index in [1.54, 1.807) is 31.4 Å². The van der Waals surface area contributed by atoms with Crippen LogP contribution in [-0.4, -0.2) is 71.0 Å². The smallest absolute Gasteiger partial charge is 0.180 e. The summed E-state index contributed by atoms with van der Waals surface area (Å²) in [5, 5.41) is 38.5. The van der Waals surface area contributed by atoms with Gasteiger partial charge >= 0.3 is 0 Å². The molecule has 7 heteroatoms. The van der Waals surface area contributed by atoms with Crippen molar-refractivity contribution in [2.75, 3.05) is 13.7 Å². The molecule has 1 saturated heterocycles. The van der Waals surface area contributed by atoms with Crippen molar-refractivity contribution >= 4 is 6.21 Å². The van der Waals surface area contributed by atoms with Gasteiger partial charge in [-0.3, -0.25) is 4.99 Å². The van der Waals surface area contributed by atoms with Crippen molar-refractivity contribution in [2.45, 2.75) is 30.6 Å². The Kier molecular flexibility index (Phi) is 5.27. The lowest BCUT2D eigenvalue weighted by Crippen LogP contribution is -2.57. The molecule has 0 unspecified atom stereocenters. The van der Waals surface area contributed by atoms with E-state index in [1.165, 1.54) is 6.21 Å². The molecule has 1 aromatic rings. The molecule has 0 bridgehead atoms. The van der Waals surface area contributed by atoms with Gasteiger partial charge in [-0.1, -0.05) is 0 Å². The third-order valence-corrected chi connectivity index (χ3v) is 3.38. The summed E-state index contributed by atoms with van der Waals surface area (Å²) in [4.78, 5) is 4.06. The van der Waals surface area contributed by atoms with E-state index in [-0.39, 0.29) is 0 Å². The average Bonchev–Trinajstić information content (AvgIpc) is 2.51. The first-order valence-electron chi connectivity index (χ1n) is 6.54. The highest BCUT2D eigenvalue weighted by molar-refractivity contribution is 5.79. The molecule has 1 aromatic carbocycles. The fourth-order valence-corrected chi connectivity index (χ4v) is 2.11. The number of nitrogens with zero attached hydrogens (tertiary/aromatic N) is 1. The second-order valence-corrected chi connectivity index (χ2v) is 4.77. The van der Waals surface area contributed by atoms with Gasteiger partial charge in [-0.2, -0.15) is 0 Å². The van der Waals surface area contributed by atoms with Crippen molar-refractivity contribution in [1.29, 1.82) is 0 Å². The molecule has 0 saturated carbocycles. The number of methoxy groups -OCH3 is 1. The Hall–Kier alpha value is -1.51. The Morgan fingerprint density at radius 1 is 1.19 bits per heavy atom. The van der Waals surface area contributed by atoms with E-state index in [0.717, 1.165) is 5.56 Å². The Bertz CT molecular complexity index is 477. The van der Waals surface area contributed by atoms with Gasteiger partial charge in [-0.25, -0.2) is 0 Å². The standard InChI is InChI=1S/C14H19NO6/c1-20-9-4-2-8(3-5-9)6-15-11-13(18)12(17)10(7-16)21-14(11)19/h2-6,10-14,16-19H,7H2,1H3/t10-,11+,12+,13-,14-/m1/s1. The van der Waals surface area contributed by atoms with Crippen LogP contribution in [0, 0.1) is 0 Å². The van der Waals surface area contributed by atoms with E-state index >= 15 is 0 Å². The first-order valence-corrected chi connectivity index (χ1v) is 6.54. The van der Waals surface area contributed by atoms with Crippen molar-refractivity contribution in [3.63, 3.8) is 0 Å². The Morgan fingerprint density at radius 3 is 2.43 bits per heavy atom. The molecule has 2 rings (SSSR count). The van der Waals surface area contributed by atoms with E-state index in [4.69, 9.17) is 14.6 Å². The van der Waals surface area contributed by atoms with Crippen LogP contribution in [0.1, 0.15) is 5.56 Å². The molecule has 1 aliphatic rings. The summed E-state index contributed by atoms with van der Waals surface area (Å²) in [6, 6.07) is 6.00. The third kappa shape index (κ3) is 3.58. The highest BCUT2D eigenvalue weighted by atomic mass is 16.6. The molecule has 1 aliphatic heterocycles. The minimum atomic E-state index is -1.39. The summed E-state index contributed by atoms with van der Waals surface area (Å²) in [6.45, 7) is -0.496. The first-order chi connectivity index (χ1) is 10.1. The maximum absolute atomic E-state index is 9.93. The van der Waals surface area contributed by atoms with Crippen LogP contribution >= 0.6 is 0 Å². The largest absolute Gasteiger partial charge is 0.497 e. The average molecular weight is 297 g/mol. The van der Waals surface area contributed by atoms with E-state index in [0.29, 0.717) is 5.75 Å². The Morgan fingerprint density at radius 2 is 1.86 bits per heavy atom. The van der Waals surface area contributed by atoms with Crippen molar-refractivity contribution in [2.24, 2.45) is 4.99 Å². The van der Waals surface area contributed by atoms with Gasteiger partial charge in [0.25, 0.3) is 0 Å². The number of hydrogen-bond donors (Lipinski definition) is 4. The second kappa shape index (κ2) is 6.97. The van der Waals surface area contributed by atoms with Gasteiger partial charge in [0.15, 0.2) is 6.29 Å². The van der Waals surface area contributed by atoms with Gasteiger partial charge in [0.05, 0.1) is 13.7 Å². The number of aliphatic hydroxyl groups is 4. The van der Waals surface area contributed by atoms with Crippen LogP contribution < -0.4 is 4.74 Å². The topological polar surface area (TPSA) is 112 Å². The lowest BCUT2D eigenvalue weighted by Gasteiger charge is -2.38. The lowest BCUT2D eigenvalue weighted by atomic mass is 9.97. The number of aliphatic imine (C=N–C) groups is 1. The summed E-state index contributed by atoms with van der Waals surface area (Å²) < 4.78 is 10.1. The van der Waals surface area contributed by atoms with Crippen LogP contribution in [0.3, 0.4) is 0 Å². The van der Waals surface area contributed by atoms with Crippen LogP contribution in [0.5, 0.6) is 5.75 Å². The number of ether oxygens (including phenoxy) is 2. The summed E-state index contributed by atoms with van der Waals surface area (Å²) in [6.07, 6.45) is -3.58. The highest BCUT2D eigenvalue weighted by Crippen LogP contribution is 2.22. The predicted octanol–water partition coefficient (Wildman–Crippen LogP) is -1.09. The van der Waals surface area contributed by atoms with Crippen molar-refractivity contribution in [1.82, 2.24) is 0 Å². The SMILES string of the molecule is COc1ccc(C=N[C@H]2[C@@H](O)[C@@H](O)[C@@H](CO)O[C@H]2O)cc1. The van der Waals surface area contributed by atoms with Gasteiger partial charge in [-0.15, -0.1) is 0 Å². The van der Waals surface area contributed by atoms with Gasteiger partial charge in [0, 0.05) is 6.21 Å². The fraction of sp³-hybridized carbons (Fsp3) is 0.500.